The number of phenols is 1. The molecule has 0 saturated heterocycles. The van der Waals surface area contributed by atoms with Gasteiger partial charge in [-0.25, -0.2) is 4.79 Å². The summed E-state index contributed by atoms with van der Waals surface area (Å²) in [6.07, 6.45) is -1.22. The topological polar surface area (TPSA) is 307 Å². The molecule has 0 aromatic heterocycles. The molecule has 3 aromatic rings. The summed E-state index contributed by atoms with van der Waals surface area (Å²) >= 11 is 3.98. The van der Waals surface area contributed by atoms with Crippen LogP contribution in [0.3, 0.4) is 0 Å². The van der Waals surface area contributed by atoms with Gasteiger partial charge in [-0.1, -0.05) is 86.6 Å². The number of amides is 7. The van der Waals surface area contributed by atoms with Crippen molar-refractivity contribution in [2.24, 2.45) is 11.7 Å². The van der Waals surface area contributed by atoms with Crippen molar-refractivity contribution >= 4 is 59.9 Å². The number of carboxylic acids is 1. The molecule has 0 spiro atoms. The summed E-state index contributed by atoms with van der Waals surface area (Å²) in [6, 6.07) is 14.3. The summed E-state index contributed by atoms with van der Waals surface area (Å²) in [7, 11) is 0. The molecular weight excluding hydrogens is 861 g/mol. The maximum absolute atomic E-state index is 14.2. The van der Waals surface area contributed by atoms with Gasteiger partial charge in [-0.2, -0.15) is 12.6 Å². The van der Waals surface area contributed by atoms with Crippen LogP contribution in [0.1, 0.15) is 50.8 Å². The summed E-state index contributed by atoms with van der Waals surface area (Å²) in [5.74, 6) is -7.17. The summed E-state index contributed by atoms with van der Waals surface area (Å²) < 4.78 is 0. The Labute approximate surface area is 382 Å². The third-order valence-corrected chi connectivity index (χ3v) is 10.4. The molecule has 0 aliphatic carbocycles. The molecule has 0 aliphatic heterocycles. The first-order chi connectivity index (χ1) is 30.8. The number of aliphatic hydroxyl groups is 1. The zero-order chi connectivity index (χ0) is 48.2. The smallest absolute Gasteiger partial charge is 0.327 e. The molecule has 7 amide bonds. The number of aliphatic hydroxyl groups excluding tert-OH is 1. The average Bonchev–Trinajstić information content (AvgIpc) is 3.26. The molecule has 0 aliphatic rings. The van der Waals surface area contributed by atoms with E-state index in [1.807, 2.05) is 13.8 Å². The first kappa shape index (κ1) is 52.8. The average molecular weight is 921 g/mol. The molecule has 352 valence electrons. The van der Waals surface area contributed by atoms with Gasteiger partial charge >= 0.3 is 5.97 Å². The van der Waals surface area contributed by atoms with Crippen LogP contribution in [-0.4, -0.2) is 123 Å². The second kappa shape index (κ2) is 26.3. The number of aromatic hydroxyl groups is 1. The molecule has 12 N–H and O–H groups in total. The van der Waals surface area contributed by atoms with Crippen LogP contribution in [0.5, 0.6) is 5.75 Å². The lowest BCUT2D eigenvalue weighted by atomic mass is 9.99. The zero-order valence-corrected chi connectivity index (χ0v) is 37.5. The molecule has 0 bridgehead atoms. The number of carboxylic acid groups (broad SMARTS) is 1. The molecule has 20 heteroatoms. The van der Waals surface area contributed by atoms with Crippen LogP contribution in [-0.2, 0) is 57.6 Å². The van der Waals surface area contributed by atoms with E-state index in [1.54, 1.807) is 60.7 Å². The highest BCUT2D eigenvalue weighted by Crippen LogP contribution is 2.13. The van der Waals surface area contributed by atoms with Gasteiger partial charge < -0.3 is 58.3 Å². The molecule has 0 radical (unpaired) electrons. The number of aliphatic carboxylic acids is 1. The molecule has 19 nitrogen and oxygen atoms in total. The first-order valence-corrected chi connectivity index (χ1v) is 21.6. The minimum Gasteiger partial charge on any atom is -0.508 e. The molecule has 0 heterocycles. The van der Waals surface area contributed by atoms with Gasteiger partial charge in [0.1, 0.15) is 48.0 Å². The Kier molecular flexibility index (Phi) is 21.4. The molecule has 0 fully saturated rings. The quantitative estimate of drug-likeness (QED) is 0.0467. The Morgan fingerprint density at radius 1 is 0.554 bits per heavy atom. The van der Waals surface area contributed by atoms with Crippen LogP contribution in [0.4, 0.5) is 0 Å². The van der Waals surface area contributed by atoms with Crippen LogP contribution >= 0.6 is 12.6 Å². The summed E-state index contributed by atoms with van der Waals surface area (Å²) in [5.41, 5.74) is 7.63. The van der Waals surface area contributed by atoms with E-state index in [4.69, 9.17) is 5.73 Å². The predicted molar refractivity (Wildman–Crippen MR) is 243 cm³/mol. The van der Waals surface area contributed by atoms with Crippen molar-refractivity contribution in [2.75, 3.05) is 12.3 Å². The molecule has 8 atom stereocenters. The highest BCUT2D eigenvalue weighted by molar-refractivity contribution is 7.80. The van der Waals surface area contributed by atoms with E-state index in [0.29, 0.717) is 16.7 Å². The van der Waals surface area contributed by atoms with E-state index in [2.05, 4.69) is 49.8 Å². The number of carbonyl (C=O) groups is 8. The normalized spacial score (nSPS) is 14.7. The van der Waals surface area contributed by atoms with E-state index in [-0.39, 0.29) is 43.1 Å². The third-order valence-electron chi connectivity index (χ3n) is 9.99. The van der Waals surface area contributed by atoms with Gasteiger partial charge in [0.15, 0.2) is 0 Å². The van der Waals surface area contributed by atoms with Gasteiger partial charge in [0, 0.05) is 25.0 Å². The summed E-state index contributed by atoms with van der Waals surface area (Å²) in [6.45, 7) is 5.66. The maximum atomic E-state index is 14.2. The van der Waals surface area contributed by atoms with Gasteiger partial charge in [0.05, 0.1) is 12.6 Å². The summed E-state index contributed by atoms with van der Waals surface area (Å²) in [4.78, 5) is 106. The van der Waals surface area contributed by atoms with Crippen LogP contribution in [0, 0.1) is 5.92 Å². The van der Waals surface area contributed by atoms with Crippen molar-refractivity contribution in [1.29, 1.82) is 0 Å². The van der Waals surface area contributed by atoms with E-state index < -0.39 is 102 Å². The van der Waals surface area contributed by atoms with Gasteiger partial charge in [0.25, 0.3) is 0 Å². The number of hydrogen-bond donors (Lipinski definition) is 12. The maximum Gasteiger partial charge on any atom is 0.327 e. The Hall–Kier alpha value is -6.51. The Morgan fingerprint density at radius 3 is 1.42 bits per heavy atom. The molecule has 65 heavy (non-hydrogen) atoms. The number of benzene rings is 3. The number of hydrogen-bond acceptors (Lipinski definition) is 12. The Balaban J connectivity index is 1.79. The van der Waals surface area contributed by atoms with Crippen LogP contribution in [0.15, 0.2) is 84.9 Å². The number of rotatable bonds is 25. The van der Waals surface area contributed by atoms with Gasteiger partial charge in [0.2, 0.25) is 41.4 Å². The lowest BCUT2D eigenvalue weighted by Crippen LogP contribution is -2.59. The fraction of sp³-hybridized carbons (Fsp3) is 0.422. The van der Waals surface area contributed by atoms with E-state index in [0.717, 1.165) is 0 Å². The molecule has 0 saturated carbocycles. The van der Waals surface area contributed by atoms with E-state index in [1.165, 1.54) is 38.1 Å². The van der Waals surface area contributed by atoms with Crippen LogP contribution in [0.25, 0.3) is 0 Å². The minimum absolute atomic E-state index is 0.00810. The van der Waals surface area contributed by atoms with Gasteiger partial charge in [-0.15, -0.1) is 0 Å². The van der Waals surface area contributed by atoms with E-state index in [9.17, 15) is 53.7 Å². The number of phenolic OH excluding ortho intramolecular Hbond substituents is 1. The fourth-order valence-electron chi connectivity index (χ4n) is 6.33. The Morgan fingerprint density at radius 2 is 0.969 bits per heavy atom. The first-order valence-electron chi connectivity index (χ1n) is 21.0. The van der Waals surface area contributed by atoms with Crippen LogP contribution in [0.2, 0.25) is 0 Å². The summed E-state index contributed by atoms with van der Waals surface area (Å²) in [5, 5.41) is 46.9. The largest absolute Gasteiger partial charge is 0.508 e. The highest BCUT2D eigenvalue weighted by atomic mass is 32.1. The SMILES string of the molecule is CC(C)C[C@H](NC(=O)[C@@H](N)[C@@H](C)O)C(=O)N[C@@H](Cc1ccccc1)C(=O)N[C@@H](Cc1ccc(O)cc1)C(=O)NCC(=O)N[C@@H](C)C(=O)N[C@@H](Cc1ccccc1)C(=O)N[C@@H](CS)C(=O)O. The number of carbonyl (C=O) groups excluding carboxylic acids is 7. The van der Waals surface area contributed by atoms with Crippen molar-refractivity contribution in [3.63, 3.8) is 0 Å². The predicted octanol–water partition coefficient (Wildman–Crippen LogP) is -0.766. The van der Waals surface area contributed by atoms with Crippen molar-refractivity contribution in [3.8, 4) is 5.75 Å². The molecule has 3 aromatic carbocycles. The number of nitrogens with one attached hydrogen (secondary N) is 7. The minimum atomic E-state index is -1.35. The second-order valence-electron chi connectivity index (χ2n) is 16.0. The fourth-order valence-corrected chi connectivity index (χ4v) is 6.58. The monoisotopic (exact) mass is 920 g/mol. The van der Waals surface area contributed by atoms with Crippen molar-refractivity contribution in [3.05, 3.63) is 102 Å². The van der Waals surface area contributed by atoms with Gasteiger partial charge in [-0.3, -0.25) is 33.6 Å². The lowest BCUT2D eigenvalue weighted by Gasteiger charge is -2.27. The molecule has 3 rings (SSSR count). The lowest BCUT2D eigenvalue weighted by molar-refractivity contribution is -0.141. The van der Waals surface area contributed by atoms with Gasteiger partial charge in [-0.05, 0) is 55.0 Å². The van der Waals surface area contributed by atoms with Crippen molar-refractivity contribution in [2.45, 2.75) is 102 Å². The highest BCUT2D eigenvalue weighted by Gasteiger charge is 2.33. The van der Waals surface area contributed by atoms with Crippen molar-refractivity contribution < 1.29 is 53.7 Å². The third kappa shape index (κ3) is 18.2. The standard InChI is InChI=1S/C45H60N8O11S/c1-25(2)19-32(52-44(62)38(46)27(4)54)41(59)51-35(21-29-13-9-6-10-14-29)42(60)50-33(22-30-15-17-31(55)18-16-30)40(58)47-23-37(56)48-26(3)39(57)49-34(20-28-11-7-5-8-12-28)43(61)53-36(24-65)45(63)64/h5-18,25-27,32-36,38,54-55,65H,19-24,46H2,1-4H3,(H,47,58)(H,48,56)(H,49,57)(H,50,60)(H,51,59)(H,52,62)(H,53,61)(H,63,64)/t26-,27+,32-,33-,34-,35-,36-,38-/m0/s1. The number of nitrogens with two attached hydrogens (primary N) is 1. The van der Waals surface area contributed by atoms with Crippen molar-refractivity contribution in [1.82, 2.24) is 37.2 Å². The second-order valence-corrected chi connectivity index (χ2v) is 16.3. The Bertz CT molecular complexity index is 2080. The molecular formula is C45H60N8O11S. The van der Waals surface area contributed by atoms with Crippen LogP contribution < -0.4 is 43.0 Å². The van der Waals surface area contributed by atoms with E-state index >= 15 is 0 Å². The number of thiol groups is 1. The zero-order valence-electron chi connectivity index (χ0n) is 36.7. The molecule has 0 unspecified atom stereocenters.